The van der Waals surface area contributed by atoms with Gasteiger partial charge in [0.1, 0.15) is 16.4 Å². The summed E-state index contributed by atoms with van der Waals surface area (Å²) in [6, 6.07) is 3.83. The third-order valence-electron chi connectivity index (χ3n) is 4.59. The minimum absolute atomic E-state index is 0.0614. The highest BCUT2D eigenvalue weighted by molar-refractivity contribution is 7.21. The van der Waals surface area contributed by atoms with E-state index in [1.165, 1.54) is 0 Å². The molecule has 2 aliphatic heterocycles. The zero-order valence-electron chi connectivity index (χ0n) is 13.1. The molecule has 0 saturated carbocycles. The molecule has 0 bridgehead atoms. The molecule has 4 heterocycles. The SMILES string of the molecule is O=C(C1CCCN1c1nc2cccnc2s1)N1CCCNCC1. The first kappa shape index (κ1) is 14.8. The van der Waals surface area contributed by atoms with Crippen molar-refractivity contribution in [3.63, 3.8) is 0 Å². The number of nitrogens with zero attached hydrogens (tertiary/aromatic N) is 4. The molecule has 4 rings (SSSR count). The molecule has 122 valence electrons. The smallest absolute Gasteiger partial charge is 0.245 e. The summed E-state index contributed by atoms with van der Waals surface area (Å²) < 4.78 is 0. The molecule has 0 spiro atoms. The first-order valence-electron chi connectivity index (χ1n) is 8.30. The third-order valence-corrected chi connectivity index (χ3v) is 5.61. The predicted octanol–water partition coefficient (Wildman–Crippen LogP) is 1.48. The van der Waals surface area contributed by atoms with Crippen molar-refractivity contribution in [2.24, 2.45) is 0 Å². The lowest BCUT2D eigenvalue weighted by Gasteiger charge is -2.29. The number of amides is 1. The molecule has 2 aromatic heterocycles. The van der Waals surface area contributed by atoms with E-state index in [4.69, 9.17) is 0 Å². The van der Waals surface area contributed by atoms with E-state index in [-0.39, 0.29) is 11.9 Å². The molecule has 2 fully saturated rings. The van der Waals surface area contributed by atoms with E-state index in [9.17, 15) is 4.79 Å². The molecule has 1 N–H and O–H groups in total. The fourth-order valence-corrected chi connectivity index (χ4v) is 4.40. The summed E-state index contributed by atoms with van der Waals surface area (Å²) in [6.45, 7) is 4.47. The number of hydrogen-bond donors (Lipinski definition) is 1. The van der Waals surface area contributed by atoms with Gasteiger partial charge in [-0.15, -0.1) is 0 Å². The Morgan fingerprint density at radius 2 is 2.22 bits per heavy atom. The Bertz CT molecular complexity index is 662. The van der Waals surface area contributed by atoms with Crippen molar-refractivity contribution >= 4 is 32.7 Å². The van der Waals surface area contributed by atoms with Crippen molar-refractivity contribution in [2.75, 3.05) is 37.6 Å². The van der Waals surface area contributed by atoms with Gasteiger partial charge in [-0.25, -0.2) is 9.97 Å². The normalized spacial score (nSPS) is 22.5. The van der Waals surface area contributed by atoms with Gasteiger partial charge >= 0.3 is 0 Å². The lowest BCUT2D eigenvalue weighted by Crippen LogP contribution is -2.47. The van der Waals surface area contributed by atoms with Crippen LogP contribution in [-0.4, -0.2) is 59.5 Å². The van der Waals surface area contributed by atoms with Crippen molar-refractivity contribution in [3.05, 3.63) is 18.3 Å². The monoisotopic (exact) mass is 331 g/mol. The number of carbonyl (C=O) groups is 1. The van der Waals surface area contributed by atoms with Gasteiger partial charge in [0.25, 0.3) is 0 Å². The second kappa shape index (κ2) is 6.41. The van der Waals surface area contributed by atoms with Crippen LogP contribution in [0.5, 0.6) is 0 Å². The number of pyridine rings is 1. The number of nitrogens with one attached hydrogen (secondary N) is 1. The topological polar surface area (TPSA) is 61.4 Å². The minimum atomic E-state index is -0.0614. The molecule has 6 nitrogen and oxygen atoms in total. The predicted molar refractivity (Wildman–Crippen MR) is 91.8 cm³/mol. The summed E-state index contributed by atoms with van der Waals surface area (Å²) in [4.78, 5) is 27.2. The van der Waals surface area contributed by atoms with Crippen LogP contribution in [0.1, 0.15) is 19.3 Å². The Labute approximate surface area is 139 Å². The largest absolute Gasteiger partial charge is 0.340 e. The average molecular weight is 331 g/mol. The van der Waals surface area contributed by atoms with Gasteiger partial charge in [0.2, 0.25) is 5.91 Å². The summed E-state index contributed by atoms with van der Waals surface area (Å²) in [5.74, 6) is 0.262. The zero-order valence-corrected chi connectivity index (χ0v) is 13.9. The molecule has 2 aliphatic rings. The Hall–Kier alpha value is -1.73. The van der Waals surface area contributed by atoms with E-state index >= 15 is 0 Å². The van der Waals surface area contributed by atoms with Crippen LogP contribution in [0.3, 0.4) is 0 Å². The fourth-order valence-electron chi connectivity index (χ4n) is 3.41. The molecule has 23 heavy (non-hydrogen) atoms. The lowest BCUT2D eigenvalue weighted by molar-refractivity contribution is -0.132. The van der Waals surface area contributed by atoms with Gasteiger partial charge in [-0.1, -0.05) is 11.3 Å². The van der Waals surface area contributed by atoms with Crippen molar-refractivity contribution in [1.29, 1.82) is 0 Å². The van der Waals surface area contributed by atoms with E-state index in [1.807, 2.05) is 17.0 Å². The van der Waals surface area contributed by atoms with Crippen LogP contribution < -0.4 is 10.2 Å². The Kier molecular flexibility index (Phi) is 4.13. The zero-order chi connectivity index (χ0) is 15.6. The van der Waals surface area contributed by atoms with Gasteiger partial charge in [-0.3, -0.25) is 4.79 Å². The second-order valence-electron chi connectivity index (χ2n) is 6.10. The molecular formula is C16H21N5OS. The lowest BCUT2D eigenvalue weighted by atomic mass is 10.2. The van der Waals surface area contributed by atoms with Crippen LogP contribution in [0.25, 0.3) is 10.3 Å². The first-order chi connectivity index (χ1) is 11.3. The van der Waals surface area contributed by atoms with Crippen LogP contribution in [0, 0.1) is 0 Å². The van der Waals surface area contributed by atoms with Crippen LogP contribution in [0.4, 0.5) is 5.13 Å². The number of rotatable bonds is 2. The molecule has 0 radical (unpaired) electrons. The number of carbonyl (C=O) groups excluding carboxylic acids is 1. The second-order valence-corrected chi connectivity index (χ2v) is 7.06. The quantitative estimate of drug-likeness (QED) is 0.903. The minimum Gasteiger partial charge on any atom is -0.340 e. The maximum absolute atomic E-state index is 13.0. The molecular weight excluding hydrogens is 310 g/mol. The Morgan fingerprint density at radius 3 is 3.13 bits per heavy atom. The highest BCUT2D eigenvalue weighted by Gasteiger charge is 2.35. The molecule has 0 aliphatic carbocycles. The van der Waals surface area contributed by atoms with Crippen molar-refractivity contribution in [2.45, 2.75) is 25.3 Å². The summed E-state index contributed by atoms with van der Waals surface area (Å²) in [5, 5.41) is 4.29. The maximum atomic E-state index is 13.0. The first-order valence-corrected chi connectivity index (χ1v) is 9.12. The highest BCUT2D eigenvalue weighted by atomic mass is 32.1. The average Bonchev–Trinajstić information content (AvgIpc) is 3.13. The van der Waals surface area contributed by atoms with Crippen LogP contribution in [0.2, 0.25) is 0 Å². The number of anilines is 1. The number of thiazole rings is 1. The van der Waals surface area contributed by atoms with Crippen LogP contribution in [-0.2, 0) is 4.79 Å². The summed E-state index contributed by atoms with van der Waals surface area (Å²) in [5.41, 5.74) is 0.921. The Morgan fingerprint density at radius 1 is 1.26 bits per heavy atom. The molecule has 7 heteroatoms. The van der Waals surface area contributed by atoms with Gasteiger partial charge in [0.05, 0.1) is 0 Å². The highest BCUT2D eigenvalue weighted by Crippen LogP contribution is 2.32. The molecule has 1 amide bonds. The molecule has 1 atom stereocenters. The molecule has 2 aromatic rings. The summed E-state index contributed by atoms with van der Waals surface area (Å²) in [7, 11) is 0. The standard InChI is InChI=1S/C16H21N5OS/c22-15(20-9-3-6-17-8-11-20)13-5-2-10-21(13)16-19-12-4-1-7-18-14(12)23-16/h1,4,7,13,17H,2-3,5-6,8-11H2. The van der Waals surface area contributed by atoms with E-state index in [2.05, 4.69) is 20.2 Å². The van der Waals surface area contributed by atoms with Gasteiger partial charge < -0.3 is 15.1 Å². The molecule has 1 unspecified atom stereocenters. The number of hydrogen-bond acceptors (Lipinski definition) is 6. The molecule has 2 saturated heterocycles. The fraction of sp³-hybridized carbons (Fsp3) is 0.562. The summed E-state index contributed by atoms with van der Waals surface area (Å²) in [6.07, 6.45) is 4.79. The van der Waals surface area contributed by atoms with Gasteiger partial charge in [-0.05, 0) is 37.9 Å². The number of fused-ring (bicyclic) bond motifs is 1. The van der Waals surface area contributed by atoms with Crippen LogP contribution >= 0.6 is 11.3 Å². The van der Waals surface area contributed by atoms with Crippen LogP contribution in [0.15, 0.2) is 18.3 Å². The van der Waals surface area contributed by atoms with E-state index in [0.29, 0.717) is 0 Å². The van der Waals surface area contributed by atoms with Crippen molar-refractivity contribution < 1.29 is 4.79 Å². The Balaban J connectivity index is 1.56. The van der Waals surface area contributed by atoms with E-state index < -0.39 is 0 Å². The third kappa shape index (κ3) is 2.90. The van der Waals surface area contributed by atoms with Crippen molar-refractivity contribution in [3.8, 4) is 0 Å². The van der Waals surface area contributed by atoms with Crippen molar-refractivity contribution in [1.82, 2.24) is 20.2 Å². The maximum Gasteiger partial charge on any atom is 0.245 e. The van der Waals surface area contributed by atoms with E-state index in [0.717, 1.165) is 67.5 Å². The van der Waals surface area contributed by atoms with Gasteiger partial charge in [0.15, 0.2) is 5.13 Å². The number of aromatic nitrogens is 2. The summed E-state index contributed by atoms with van der Waals surface area (Å²) >= 11 is 1.59. The van der Waals surface area contributed by atoms with Gasteiger partial charge in [-0.2, -0.15) is 0 Å². The molecule has 0 aromatic carbocycles. The van der Waals surface area contributed by atoms with E-state index in [1.54, 1.807) is 17.5 Å². The van der Waals surface area contributed by atoms with Gasteiger partial charge in [0, 0.05) is 32.4 Å².